The van der Waals surface area contributed by atoms with Gasteiger partial charge < -0.3 is 5.11 Å². The number of rotatable bonds is 3. The Kier molecular flexibility index (Phi) is 3.83. The summed E-state index contributed by atoms with van der Waals surface area (Å²) in [6.07, 6.45) is 2.58. The van der Waals surface area contributed by atoms with Crippen molar-refractivity contribution in [3.63, 3.8) is 0 Å². The van der Waals surface area contributed by atoms with Gasteiger partial charge in [0.15, 0.2) is 0 Å². The van der Waals surface area contributed by atoms with Gasteiger partial charge in [-0.3, -0.25) is 0 Å². The predicted molar refractivity (Wildman–Crippen MR) is 77.3 cm³/mol. The Morgan fingerprint density at radius 2 is 1.72 bits per heavy atom. The summed E-state index contributed by atoms with van der Waals surface area (Å²) < 4.78 is 0. The number of aromatic nitrogens is 1. The van der Waals surface area contributed by atoms with Crippen LogP contribution in [-0.4, -0.2) is 16.7 Å². The van der Waals surface area contributed by atoms with Gasteiger partial charge in [-0.2, -0.15) is 0 Å². The number of aryl methyl sites for hydroxylation is 2. The van der Waals surface area contributed by atoms with Gasteiger partial charge in [-0.15, -0.1) is 11.3 Å². The maximum atomic E-state index is 8.98. The van der Waals surface area contributed by atoms with Crippen LogP contribution in [0.5, 0.6) is 0 Å². The van der Waals surface area contributed by atoms with Crippen LogP contribution >= 0.6 is 11.3 Å². The van der Waals surface area contributed by atoms with Crippen molar-refractivity contribution in [3.05, 3.63) is 39.4 Å². The highest BCUT2D eigenvalue weighted by Gasteiger charge is 2.13. The predicted octanol–water partition coefficient (Wildman–Crippen LogP) is 3.58. The van der Waals surface area contributed by atoms with Crippen LogP contribution in [0.25, 0.3) is 10.6 Å². The third-order valence-electron chi connectivity index (χ3n) is 3.49. The van der Waals surface area contributed by atoms with E-state index in [0.29, 0.717) is 6.42 Å². The van der Waals surface area contributed by atoms with E-state index in [9.17, 15) is 0 Å². The zero-order valence-corrected chi connectivity index (χ0v) is 12.2. The van der Waals surface area contributed by atoms with Crippen LogP contribution < -0.4 is 0 Å². The fourth-order valence-electron chi connectivity index (χ4n) is 2.19. The van der Waals surface area contributed by atoms with Crippen LogP contribution in [0.3, 0.4) is 0 Å². The third kappa shape index (κ3) is 2.33. The smallest absolute Gasteiger partial charge is 0.124 e. The molecule has 0 amide bonds. The molecule has 0 spiro atoms. The molecule has 3 heteroatoms. The van der Waals surface area contributed by atoms with Crippen LogP contribution in [0, 0.1) is 27.7 Å². The summed E-state index contributed by atoms with van der Waals surface area (Å²) in [5.74, 6) is 0. The zero-order valence-electron chi connectivity index (χ0n) is 11.4. The van der Waals surface area contributed by atoms with E-state index < -0.39 is 0 Å². The number of hydrogen-bond acceptors (Lipinski definition) is 3. The third-order valence-corrected chi connectivity index (χ3v) is 4.57. The molecule has 1 N–H and O–H groups in total. The summed E-state index contributed by atoms with van der Waals surface area (Å²) in [7, 11) is 0. The van der Waals surface area contributed by atoms with Gasteiger partial charge >= 0.3 is 0 Å². The van der Waals surface area contributed by atoms with Crippen molar-refractivity contribution < 1.29 is 5.11 Å². The molecule has 0 saturated carbocycles. The summed E-state index contributed by atoms with van der Waals surface area (Å²) in [5, 5.41) is 10.0. The fraction of sp³-hybridized carbons (Fsp3) is 0.400. The van der Waals surface area contributed by atoms with Crippen LogP contribution in [0.2, 0.25) is 0 Å². The second-order valence-corrected chi connectivity index (χ2v) is 5.86. The normalized spacial score (nSPS) is 10.9. The van der Waals surface area contributed by atoms with Gasteiger partial charge in [0.2, 0.25) is 0 Å². The first-order valence-electron chi connectivity index (χ1n) is 6.18. The summed E-state index contributed by atoms with van der Waals surface area (Å²) in [6.45, 7) is 8.79. The molecule has 0 bridgehead atoms. The lowest BCUT2D eigenvalue weighted by Gasteiger charge is -2.13. The molecule has 2 nitrogen and oxygen atoms in total. The van der Waals surface area contributed by atoms with Crippen molar-refractivity contribution in [1.29, 1.82) is 0 Å². The van der Waals surface area contributed by atoms with Crippen molar-refractivity contribution in [3.8, 4) is 10.6 Å². The van der Waals surface area contributed by atoms with Crippen molar-refractivity contribution >= 4 is 11.3 Å². The zero-order chi connectivity index (χ0) is 13.3. The number of nitrogens with zero attached hydrogens (tertiary/aromatic N) is 1. The average molecular weight is 261 g/mol. The summed E-state index contributed by atoms with van der Waals surface area (Å²) in [5.41, 5.74) is 6.51. The van der Waals surface area contributed by atoms with Crippen molar-refractivity contribution in [2.75, 3.05) is 6.61 Å². The second kappa shape index (κ2) is 5.21. The van der Waals surface area contributed by atoms with E-state index in [0.717, 1.165) is 9.88 Å². The highest BCUT2D eigenvalue weighted by Crippen LogP contribution is 2.34. The molecule has 2 rings (SSSR count). The second-order valence-electron chi connectivity index (χ2n) is 4.74. The standard InChI is InChI=1S/C15H19NOS/c1-9-7-10(2)12(4)14(11(9)3)15-16-8-13(18-15)5-6-17/h7-8,17H,5-6H2,1-4H3. The molecule has 0 atom stereocenters. The largest absolute Gasteiger partial charge is 0.396 e. The molecule has 0 fully saturated rings. The van der Waals surface area contributed by atoms with E-state index in [-0.39, 0.29) is 6.61 Å². The molecule has 0 radical (unpaired) electrons. The molecule has 18 heavy (non-hydrogen) atoms. The summed E-state index contributed by atoms with van der Waals surface area (Å²) in [4.78, 5) is 5.66. The lowest BCUT2D eigenvalue weighted by molar-refractivity contribution is 0.300. The Morgan fingerprint density at radius 1 is 1.11 bits per heavy atom. The minimum absolute atomic E-state index is 0.187. The maximum Gasteiger partial charge on any atom is 0.124 e. The first-order chi connectivity index (χ1) is 8.54. The lowest BCUT2D eigenvalue weighted by Crippen LogP contribution is -1.94. The molecule has 0 unspecified atom stereocenters. The molecule has 0 saturated heterocycles. The van der Waals surface area contributed by atoms with Crippen molar-refractivity contribution in [1.82, 2.24) is 4.98 Å². The molecular formula is C15H19NOS. The van der Waals surface area contributed by atoms with Crippen LogP contribution in [-0.2, 0) is 6.42 Å². The highest BCUT2D eigenvalue weighted by molar-refractivity contribution is 7.15. The molecule has 2 aromatic rings. The van der Waals surface area contributed by atoms with E-state index in [2.05, 4.69) is 38.7 Å². The van der Waals surface area contributed by atoms with Crippen LogP contribution in [0.1, 0.15) is 27.1 Å². The van der Waals surface area contributed by atoms with Crippen LogP contribution in [0.4, 0.5) is 0 Å². The molecule has 96 valence electrons. The Bertz CT molecular complexity index is 546. The van der Waals surface area contributed by atoms with Crippen LogP contribution in [0.15, 0.2) is 12.3 Å². The quantitative estimate of drug-likeness (QED) is 0.916. The molecule has 0 aliphatic carbocycles. The van der Waals surface area contributed by atoms with E-state index in [1.165, 1.54) is 27.8 Å². The fourth-order valence-corrected chi connectivity index (χ4v) is 3.25. The summed E-state index contributed by atoms with van der Waals surface area (Å²) in [6, 6.07) is 2.23. The van der Waals surface area contributed by atoms with Gasteiger partial charge in [0.1, 0.15) is 5.01 Å². The Labute approximate surface area is 112 Å². The van der Waals surface area contributed by atoms with Gasteiger partial charge in [-0.1, -0.05) is 6.07 Å². The minimum Gasteiger partial charge on any atom is -0.396 e. The number of aliphatic hydroxyl groups excluding tert-OH is 1. The lowest BCUT2D eigenvalue weighted by atomic mass is 9.95. The van der Waals surface area contributed by atoms with E-state index >= 15 is 0 Å². The van der Waals surface area contributed by atoms with Gasteiger partial charge in [-0.25, -0.2) is 4.98 Å². The molecule has 0 aliphatic heterocycles. The average Bonchev–Trinajstić information content (AvgIpc) is 2.76. The summed E-state index contributed by atoms with van der Waals surface area (Å²) >= 11 is 1.69. The molecule has 1 aromatic heterocycles. The van der Waals surface area contributed by atoms with Crippen molar-refractivity contribution in [2.45, 2.75) is 34.1 Å². The molecule has 0 aliphatic rings. The molecular weight excluding hydrogens is 242 g/mol. The van der Waals surface area contributed by atoms with Gasteiger partial charge in [0.25, 0.3) is 0 Å². The first-order valence-corrected chi connectivity index (χ1v) is 6.99. The Hall–Kier alpha value is -1.19. The minimum atomic E-state index is 0.187. The Morgan fingerprint density at radius 3 is 2.28 bits per heavy atom. The molecule has 1 heterocycles. The number of thiazole rings is 1. The van der Waals surface area contributed by atoms with E-state index in [4.69, 9.17) is 5.11 Å². The van der Waals surface area contributed by atoms with E-state index in [1.54, 1.807) is 11.3 Å². The number of aliphatic hydroxyl groups is 1. The van der Waals surface area contributed by atoms with Crippen molar-refractivity contribution in [2.24, 2.45) is 0 Å². The Balaban J connectivity index is 2.55. The number of hydrogen-bond donors (Lipinski definition) is 1. The van der Waals surface area contributed by atoms with E-state index in [1.807, 2.05) is 6.20 Å². The first kappa shape index (κ1) is 13.2. The topological polar surface area (TPSA) is 33.1 Å². The highest BCUT2D eigenvalue weighted by atomic mass is 32.1. The SMILES string of the molecule is Cc1cc(C)c(C)c(-c2ncc(CCO)s2)c1C. The number of benzene rings is 1. The molecule has 1 aromatic carbocycles. The van der Waals surface area contributed by atoms with Gasteiger partial charge in [0.05, 0.1) is 0 Å². The monoisotopic (exact) mass is 261 g/mol. The van der Waals surface area contributed by atoms with Gasteiger partial charge in [0, 0.05) is 29.7 Å². The van der Waals surface area contributed by atoms with Gasteiger partial charge in [-0.05, 0) is 49.9 Å². The maximum absolute atomic E-state index is 8.98.